The molecule has 4 bridgehead atoms. The van der Waals surface area contributed by atoms with Crippen molar-refractivity contribution in [2.45, 2.75) is 77.0 Å². The summed E-state index contributed by atoms with van der Waals surface area (Å²) in [4.78, 5) is 24.7. The van der Waals surface area contributed by atoms with E-state index in [4.69, 9.17) is 4.74 Å². The van der Waals surface area contributed by atoms with Crippen molar-refractivity contribution in [3.05, 3.63) is 0 Å². The summed E-state index contributed by atoms with van der Waals surface area (Å²) in [5, 5.41) is 13.5. The van der Waals surface area contributed by atoms with E-state index in [-0.39, 0.29) is 17.9 Å². The predicted octanol–water partition coefficient (Wildman–Crippen LogP) is 1.77. The highest BCUT2D eigenvalue weighted by Crippen LogP contribution is 2.62. The van der Waals surface area contributed by atoms with Crippen LogP contribution in [-0.4, -0.2) is 34.7 Å². The first-order valence-corrected chi connectivity index (χ1v) is 8.45. The first kappa shape index (κ1) is 15.8. The maximum absolute atomic E-state index is 12.7. The number of esters is 1. The van der Waals surface area contributed by atoms with Crippen LogP contribution in [0, 0.1) is 17.3 Å². The number of carbonyl (C=O) groups excluding carboxylic acids is 2. The molecular formula is C17H27NO4. The molecule has 0 aromatic carbocycles. The van der Waals surface area contributed by atoms with Crippen LogP contribution in [0.5, 0.6) is 0 Å². The Labute approximate surface area is 131 Å². The van der Waals surface area contributed by atoms with Crippen LogP contribution in [0.1, 0.15) is 59.3 Å². The molecular weight excluding hydrogens is 282 g/mol. The molecule has 0 aromatic rings. The largest absolute Gasteiger partial charge is 0.452 e. The van der Waals surface area contributed by atoms with Gasteiger partial charge in [-0.1, -0.05) is 0 Å². The van der Waals surface area contributed by atoms with Crippen LogP contribution >= 0.6 is 0 Å². The van der Waals surface area contributed by atoms with E-state index in [0.29, 0.717) is 18.3 Å². The minimum Gasteiger partial charge on any atom is -0.452 e. The quantitative estimate of drug-likeness (QED) is 0.776. The van der Waals surface area contributed by atoms with Crippen molar-refractivity contribution in [2.24, 2.45) is 17.3 Å². The molecule has 124 valence electrons. The van der Waals surface area contributed by atoms with E-state index in [0.717, 1.165) is 32.1 Å². The number of rotatable bonds is 4. The zero-order chi connectivity index (χ0) is 16.1. The monoisotopic (exact) mass is 309 g/mol. The van der Waals surface area contributed by atoms with Gasteiger partial charge in [0.1, 0.15) is 0 Å². The highest BCUT2D eigenvalue weighted by atomic mass is 16.5. The fraction of sp³-hybridized carbons (Fsp3) is 0.882. The molecule has 4 rings (SSSR count). The van der Waals surface area contributed by atoms with Crippen molar-refractivity contribution >= 4 is 11.9 Å². The first-order valence-electron chi connectivity index (χ1n) is 8.45. The molecule has 2 unspecified atom stereocenters. The maximum Gasteiger partial charge on any atom is 0.312 e. The normalized spacial score (nSPS) is 40.6. The van der Waals surface area contributed by atoms with Crippen LogP contribution in [0.25, 0.3) is 0 Å². The SMILES string of the molecule is CC(C)NC(=O)[C@H](C)OC(=O)C12C[C@@H]3C[C@@H](CC(O)(C3)C1)C2. The van der Waals surface area contributed by atoms with Crippen molar-refractivity contribution in [3.63, 3.8) is 0 Å². The second kappa shape index (κ2) is 5.22. The lowest BCUT2D eigenvalue weighted by Crippen LogP contribution is -2.59. The molecule has 0 aromatic heterocycles. The molecule has 0 heterocycles. The van der Waals surface area contributed by atoms with E-state index in [1.165, 1.54) is 0 Å². The van der Waals surface area contributed by atoms with Gasteiger partial charge in [-0.05, 0) is 71.1 Å². The van der Waals surface area contributed by atoms with Crippen molar-refractivity contribution in [3.8, 4) is 0 Å². The standard InChI is InChI=1S/C17H27NO4/c1-10(2)18-14(19)11(3)22-15(20)16-5-12-4-13(6-16)8-17(21,7-12)9-16/h10-13,21H,4-9H2,1-3H3,(H,18,19)/t11-,12-,13+,16?,17?/m0/s1. The summed E-state index contributed by atoms with van der Waals surface area (Å²) in [5.41, 5.74) is -1.25. The average molecular weight is 309 g/mol. The Morgan fingerprint density at radius 1 is 1.14 bits per heavy atom. The van der Waals surface area contributed by atoms with Crippen LogP contribution in [0.3, 0.4) is 0 Å². The Kier molecular flexibility index (Phi) is 3.75. The van der Waals surface area contributed by atoms with Gasteiger partial charge in [0.15, 0.2) is 6.10 Å². The minimum absolute atomic E-state index is 0.0221. The molecule has 4 aliphatic rings. The van der Waals surface area contributed by atoms with Crippen LogP contribution in [-0.2, 0) is 14.3 Å². The second-order valence-corrected chi connectivity index (χ2v) is 8.18. The van der Waals surface area contributed by atoms with Gasteiger partial charge >= 0.3 is 5.97 Å². The molecule has 4 saturated carbocycles. The summed E-state index contributed by atoms with van der Waals surface area (Å²) >= 11 is 0. The van der Waals surface area contributed by atoms with Gasteiger partial charge in [-0.3, -0.25) is 9.59 Å². The van der Waals surface area contributed by atoms with Gasteiger partial charge in [-0.15, -0.1) is 0 Å². The van der Waals surface area contributed by atoms with E-state index in [1.54, 1.807) is 6.92 Å². The van der Waals surface area contributed by atoms with Gasteiger partial charge in [0.2, 0.25) is 0 Å². The molecule has 5 heteroatoms. The van der Waals surface area contributed by atoms with Gasteiger partial charge in [0.25, 0.3) is 5.91 Å². The van der Waals surface area contributed by atoms with E-state index in [2.05, 4.69) is 5.32 Å². The molecule has 0 saturated heterocycles. The minimum atomic E-state index is -0.780. The average Bonchev–Trinajstić information content (AvgIpc) is 2.34. The summed E-state index contributed by atoms with van der Waals surface area (Å²) in [5.74, 6) is 0.315. The zero-order valence-electron chi connectivity index (χ0n) is 13.7. The predicted molar refractivity (Wildman–Crippen MR) is 80.9 cm³/mol. The lowest BCUT2D eigenvalue weighted by Gasteiger charge is -2.58. The molecule has 22 heavy (non-hydrogen) atoms. The number of ether oxygens (including phenoxy) is 1. The third-order valence-electron chi connectivity index (χ3n) is 5.55. The number of hydrogen-bond acceptors (Lipinski definition) is 4. The lowest BCUT2D eigenvalue weighted by molar-refractivity contribution is -0.200. The molecule has 5 atom stereocenters. The summed E-state index contributed by atoms with van der Waals surface area (Å²) < 4.78 is 5.48. The van der Waals surface area contributed by atoms with Gasteiger partial charge in [-0.2, -0.15) is 0 Å². The number of aliphatic hydroxyl groups is 1. The molecule has 0 spiro atoms. The molecule has 4 fully saturated rings. The zero-order valence-corrected chi connectivity index (χ0v) is 13.7. The molecule has 1 amide bonds. The van der Waals surface area contributed by atoms with E-state index >= 15 is 0 Å². The summed E-state index contributed by atoms with van der Waals surface area (Å²) in [7, 11) is 0. The van der Waals surface area contributed by atoms with E-state index in [9.17, 15) is 14.7 Å². The summed E-state index contributed by atoms with van der Waals surface area (Å²) in [6.07, 6.45) is 4.11. The van der Waals surface area contributed by atoms with E-state index in [1.807, 2.05) is 13.8 Å². The summed E-state index contributed by atoms with van der Waals surface area (Å²) in [6.45, 7) is 5.37. The van der Waals surface area contributed by atoms with Crippen molar-refractivity contribution in [1.82, 2.24) is 5.32 Å². The van der Waals surface area contributed by atoms with Gasteiger partial charge in [0, 0.05) is 6.04 Å². The Morgan fingerprint density at radius 2 is 1.73 bits per heavy atom. The fourth-order valence-corrected chi connectivity index (χ4v) is 5.19. The Bertz CT molecular complexity index is 473. The molecule has 0 radical (unpaired) electrons. The van der Waals surface area contributed by atoms with Crippen LogP contribution in [0.2, 0.25) is 0 Å². The van der Waals surface area contributed by atoms with E-state index < -0.39 is 17.1 Å². The van der Waals surface area contributed by atoms with Crippen LogP contribution in [0.4, 0.5) is 0 Å². The van der Waals surface area contributed by atoms with Crippen molar-refractivity contribution in [1.29, 1.82) is 0 Å². The third kappa shape index (κ3) is 2.75. The van der Waals surface area contributed by atoms with Gasteiger partial charge < -0.3 is 15.2 Å². The third-order valence-corrected chi connectivity index (χ3v) is 5.55. The van der Waals surface area contributed by atoms with Crippen molar-refractivity contribution in [2.75, 3.05) is 0 Å². The Morgan fingerprint density at radius 3 is 2.23 bits per heavy atom. The second-order valence-electron chi connectivity index (χ2n) is 8.18. The first-order chi connectivity index (χ1) is 10.2. The van der Waals surface area contributed by atoms with Crippen LogP contribution in [0.15, 0.2) is 0 Å². The summed E-state index contributed by atoms with van der Waals surface area (Å²) in [6, 6.07) is 0.0221. The Balaban J connectivity index is 1.68. The Hall–Kier alpha value is -1.10. The van der Waals surface area contributed by atoms with Crippen molar-refractivity contribution < 1.29 is 19.4 Å². The maximum atomic E-state index is 12.7. The smallest absolute Gasteiger partial charge is 0.312 e. The molecule has 2 N–H and O–H groups in total. The lowest BCUT2D eigenvalue weighted by atomic mass is 9.48. The fourth-order valence-electron chi connectivity index (χ4n) is 5.19. The van der Waals surface area contributed by atoms with Crippen LogP contribution < -0.4 is 5.32 Å². The molecule has 4 aliphatic carbocycles. The topological polar surface area (TPSA) is 75.6 Å². The number of nitrogens with one attached hydrogen (secondary N) is 1. The number of amides is 1. The highest BCUT2D eigenvalue weighted by molar-refractivity contribution is 5.85. The van der Waals surface area contributed by atoms with Gasteiger partial charge in [0.05, 0.1) is 11.0 Å². The molecule has 0 aliphatic heterocycles. The highest BCUT2D eigenvalue weighted by Gasteiger charge is 2.61. The van der Waals surface area contributed by atoms with Gasteiger partial charge in [-0.25, -0.2) is 0 Å². The number of carbonyl (C=O) groups is 2. The number of hydrogen-bond donors (Lipinski definition) is 2. The molecule has 5 nitrogen and oxygen atoms in total.